The molecule has 4 heteroatoms. The Bertz CT molecular complexity index is 391. The summed E-state index contributed by atoms with van der Waals surface area (Å²) in [4.78, 5) is 0. The molecule has 0 saturated carbocycles. The first-order chi connectivity index (χ1) is 9.81. The van der Waals surface area contributed by atoms with Crippen molar-refractivity contribution in [2.75, 3.05) is 26.9 Å². The summed E-state index contributed by atoms with van der Waals surface area (Å²) in [7, 11) is 1.67. The first-order valence-corrected chi connectivity index (χ1v) is 7.39. The monoisotopic (exact) mass is 279 g/mol. The van der Waals surface area contributed by atoms with Gasteiger partial charge in [-0.15, -0.1) is 0 Å². The molecule has 1 aliphatic heterocycles. The van der Waals surface area contributed by atoms with Crippen LogP contribution in [0.1, 0.15) is 37.3 Å². The second-order valence-electron chi connectivity index (χ2n) is 5.20. The SMILES string of the molecule is COCCOc1ccccc1C(N)CCC1CCCO1. The van der Waals surface area contributed by atoms with Gasteiger partial charge in [0.15, 0.2) is 0 Å². The van der Waals surface area contributed by atoms with Crippen LogP contribution in [0, 0.1) is 0 Å². The highest BCUT2D eigenvalue weighted by Crippen LogP contribution is 2.28. The van der Waals surface area contributed by atoms with Gasteiger partial charge in [-0.25, -0.2) is 0 Å². The predicted octanol–water partition coefficient (Wildman–Crippen LogP) is 2.67. The third-order valence-electron chi connectivity index (χ3n) is 3.69. The topological polar surface area (TPSA) is 53.7 Å². The van der Waals surface area contributed by atoms with Gasteiger partial charge in [-0.2, -0.15) is 0 Å². The minimum Gasteiger partial charge on any atom is -0.491 e. The summed E-state index contributed by atoms with van der Waals surface area (Å²) >= 11 is 0. The van der Waals surface area contributed by atoms with Crippen LogP contribution < -0.4 is 10.5 Å². The predicted molar refractivity (Wildman–Crippen MR) is 78.9 cm³/mol. The molecule has 0 bridgehead atoms. The summed E-state index contributed by atoms with van der Waals surface area (Å²) in [6.45, 7) is 2.03. The molecule has 2 unspecified atom stereocenters. The first-order valence-electron chi connectivity index (χ1n) is 7.39. The molecule has 4 nitrogen and oxygen atoms in total. The molecule has 112 valence electrons. The van der Waals surface area contributed by atoms with E-state index >= 15 is 0 Å². The zero-order valence-corrected chi connectivity index (χ0v) is 12.2. The minimum absolute atomic E-state index is 0.00190. The number of rotatable bonds is 8. The van der Waals surface area contributed by atoms with Crippen molar-refractivity contribution in [3.63, 3.8) is 0 Å². The average Bonchev–Trinajstić information content (AvgIpc) is 2.99. The molecule has 1 aromatic rings. The summed E-state index contributed by atoms with van der Waals surface area (Å²) in [5, 5.41) is 0. The van der Waals surface area contributed by atoms with E-state index in [9.17, 15) is 0 Å². The van der Waals surface area contributed by atoms with Crippen molar-refractivity contribution in [1.29, 1.82) is 0 Å². The Labute approximate surface area is 121 Å². The zero-order chi connectivity index (χ0) is 14.2. The fourth-order valence-corrected chi connectivity index (χ4v) is 2.55. The third-order valence-corrected chi connectivity index (χ3v) is 3.69. The van der Waals surface area contributed by atoms with E-state index in [4.69, 9.17) is 19.9 Å². The van der Waals surface area contributed by atoms with Crippen molar-refractivity contribution in [2.24, 2.45) is 5.73 Å². The molecule has 2 N–H and O–H groups in total. The molecule has 0 spiro atoms. The Kier molecular flexibility index (Phi) is 6.30. The van der Waals surface area contributed by atoms with Gasteiger partial charge in [0, 0.05) is 25.3 Å². The fraction of sp³-hybridized carbons (Fsp3) is 0.625. The fourth-order valence-electron chi connectivity index (χ4n) is 2.55. The molecule has 20 heavy (non-hydrogen) atoms. The molecule has 1 saturated heterocycles. The maximum absolute atomic E-state index is 6.31. The smallest absolute Gasteiger partial charge is 0.124 e. The van der Waals surface area contributed by atoms with E-state index < -0.39 is 0 Å². The maximum atomic E-state index is 6.31. The lowest BCUT2D eigenvalue weighted by Gasteiger charge is -2.18. The Balaban J connectivity index is 1.88. The second kappa shape index (κ2) is 8.25. The zero-order valence-electron chi connectivity index (χ0n) is 12.2. The van der Waals surface area contributed by atoms with Crippen LogP contribution in [0.25, 0.3) is 0 Å². The number of nitrogens with two attached hydrogens (primary N) is 1. The highest BCUT2D eigenvalue weighted by atomic mass is 16.5. The number of benzene rings is 1. The largest absolute Gasteiger partial charge is 0.491 e. The normalized spacial score (nSPS) is 20.0. The van der Waals surface area contributed by atoms with E-state index in [1.165, 1.54) is 12.8 Å². The van der Waals surface area contributed by atoms with Gasteiger partial charge >= 0.3 is 0 Å². The van der Waals surface area contributed by atoms with Crippen LogP contribution in [0.5, 0.6) is 5.75 Å². The summed E-state index contributed by atoms with van der Waals surface area (Å²) in [6.07, 6.45) is 4.68. The van der Waals surface area contributed by atoms with Crippen molar-refractivity contribution in [3.8, 4) is 5.75 Å². The van der Waals surface area contributed by atoms with E-state index in [0.717, 1.165) is 30.8 Å². The molecule has 0 radical (unpaired) electrons. The van der Waals surface area contributed by atoms with Gasteiger partial charge in [0.25, 0.3) is 0 Å². The number of para-hydroxylation sites is 1. The van der Waals surface area contributed by atoms with Gasteiger partial charge in [-0.1, -0.05) is 18.2 Å². The minimum atomic E-state index is -0.00190. The molecule has 2 atom stereocenters. The Morgan fingerprint density at radius 2 is 2.20 bits per heavy atom. The van der Waals surface area contributed by atoms with E-state index in [2.05, 4.69) is 0 Å². The van der Waals surface area contributed by atoms with Crippen molar-refractivity contribution in [3.05, 3.63) is 29.8 Å². The maximum Gasteiger partial charge on any atom is 0.124 e. The lowest BCUT2D eigenvalue weighted by Crippen LogP contribution is -2.16. The molecule has 1 heterocycles. The van der Waals surface area contributed by atoms with Crippen molar-refractivity contribution >= 4 is 0 Å². The number of hydrogen-bond donors (Lipinski definition) is 1. The van der Waals surface area contributed by atoms with Crippen LogP contribution >= 0.6 is 0 Å². The van der Waals surface area contributed by atoms with Crippen LogP contribution in [0.15, 0.2) is 24.3 Å². The highest BCUT2D eigenvalue weighted by molar-refractivity contribution is 5.35. The van der Waals surface area contributed by atoms with Gasteiger partial charge in [0.1, 0.15) is 12.4 Å². The summed E-state index contributed by atoms with van der Waals surface area (Å²) < 4.78 is 16.4. The molecule has 0 amide bonds. The molecular formula is C16H25NO3. The number of methoxy groups -OCH3 is 1. The van der Waals surface area contributed by atoms with E-state index in [1.54, 1.807) is 7.11 Å². The van der Waals surface area contributed by atoms with Gasteiger partial charge in [-0.3, -0.25) is 0 Å². The van der Waals surface area contributed by atoms with Gasteiger partial charge < -0.3 is 19.9 Å². The van der Waals surface area contributed by atoms with E-state index in [0.29, 0.717) is 19.3 Å². The van der Waals surface area contributed by atoms with Crippen molar-refractivity contribution in [1.82, 2.24) is 0 Å². The molecule has 0 aromatic heterocycles. The lowest BCUT2D eigenvalue weighted by molar-refractivity contribution is 0.101. The van der Waals surface area contributed by atoms with Crippen molar-refractivity contribution < 1.29 is 14.2 Å². The Hall–Kier alpha value is -1.10. The van der Waals surface area contributed by atoms with Crippen LogP contribution in [0.2, 0.25) is 0 Å². The van der Waals surface area contributed by atoms with Gasteiger partial charge in [0.05, 0.1) is 12.7 Å². The summed E-state index contributed by atoms with van der Waals surface area (Å²) in [6, 6.07) is 7.99. The Morgan fingerprint density at radius 3 is 2.95 bits per heavy atom. The first kappa shape index (κ1) is 15.3. The molecular weight excluding hydrogens is 254 g/mol. The Morgan fingerprint density at radius 1 is 1.35 bits per heavy atom. The third kappa shape index (κ3) is 4.47. The van der Waals surface area contributed by atoms with E-state index in [1.807, 2.05) is 24.3 Å². The van der Waals surface area contributed by atoms with E-state index in [-0.39, 0.29) is 6.04 Å². The van der Waals surface area contributed by atoms with Crippen LogP contribution in [-0.4, -0.2) is 33.0 Å². The van der Waals surface area contributed by atoms with Gasteiger partial charge in [0.2, 0.25) is 0 Å². The second-order valence-corrected chi connectivity index (χ2v) is 5.20. The van der Waals surface area contributed by atoms with Crippen LogP contribution in [0.4, 0.5) is 0 Å². The molecule has 1 fully saturated rings. The van der Waals surface area contributed by atoms with Crippen LogP contribution in [0.3, 0.4) is 0 Å². The molecule has 0 aliphatic carbocycles. The summed E-state index contributed by atoms with van der Waals surface area (Å²) in [5.74, 6) is 0.865. The summed E-state index contributed by atoms with van der Waals surface area (Å²) in [5.41, 5.74) is 7.38. The highest BCUT2D eigenvalue weighted by Gasteiger charge is 2.18. The van der Waals surface area contributed by atoms with Crippen LogP contribution in [-0.2, 0) is 9.47 Å². The standard InChI is InChI=1S/C16H25NO3/c1-18-11-12-20-16-7-3-2-6-14(16)15(17)9-8-13-5-4-10-19-13/h2-3,6-7,13,15H,4-5,8-12,17H2,1H3. The van der Waals surface area contributed by atoms with Crippen molar-refractivity contribution in [2.45, 2.75) is 37.8 Å². The molecule has 1 aliphatic rings. The molecule has 2 rings (SSSR count). The quantitative estimate of drug-likeness (QED) is 0.743. The number of hydrogen-bond acceptors (Lipinski definition) is 4. The average molecular weight is 279 g/mol. The molecule has 1 aromatic carbocycles. The number of ether oxygens (including phenoxy) is 3. The van der Waals surface area contributed by atoms with Gasteiger partial charge in [-0.05, 0) is 31.7 Å². The lowest BCUT2D eigenvalue weighted by atomic mass is 9.99.